The number of aryl methyl sites for hydroxylation is 1. The van der Waals surface area contributed by atoms with E-state index in [1.54, 1.807) is 4.90 Å². The van der Waals surface area contributed by atoms with Gasteiger partial charge in [-0.1, -0.05) is 43.7 Å². The van der Waals surface area contributed by atoms with Crippen LogP contribution in [0.15, 0.2) is 24.3 Å². The van der Waals surface area contributed by atoms with Gasteiger partial charge in [-0.05, 0) is 12.5 Å². The minimum atomic E-state index is -0.118. The Morgan fingerprint density at radius 3 is 2.64 bits per heavy atom. The number of hydrogen-bond donors (Lipinski definition) is 2. The number of halogens is 1. The molecular weight excluding hydrogens is 336 g/mol. The molecule has 0 atom stereocenters. The summed E-state index contributed by atoms with van der Waals surface area (Å²) < 4.78 is 0. The fourth-order valence-corrected chi connectivity index (χ4v) is 3.34. The number of fused-ring (bicyclic) bond motifs is 1. The molecule has 0 bridgehead atoms. The molecule has 0 unspecified atom stereocenters. The van der Waals surface area contributed by atoms with E-state index in [4.69, 9.17) is 0 Å². The lowest BCUT2D eigenvalue weighted by Gasteiger charge is -2.31. The summed E-state index contributed by atoms with van der Waals surface area (Å²) in [5.74, 6) is -0.0172. The number of carbonyl (C=O) groups is 1. The van der Waals surface area contributed by atoms with Crippen molar-refractivity contribution in [2.75, 3.05) is 20.1 Å². The molecule has 0 fully saturated rings. The Bertz CT molecular complexity index is 736. The second-order valence-electron chi connectivity index (χ2n) is 7.37. The van der Waals surface area contributed by atoms with E-state index in [9.17, 15) is 4.79 Å². The predicted molar refractivity (Wildman–Crippen MR) is 102 cm³/mol. The van der Waals surface area contributed by atoms with Crippen LogP contribution in [0.2, 0.25) is 0 Å². The first-order valence-corrected chi connectivity index (χ1v) is 8.48. The van der Waals surface area contributed by atoms with Crippen LogP contribution in [0, 0.1) is 6.92 Å². The molecule has 3 rings (SSSR count). The molecule has 1 aromatic heterocycles. The van der Waals surface area contributed by atoms with Gasteiger partial charge in [0.2, 0.25) is 0 Å². The van der Waals surface area contributed by atoms with Crippen LogP contribution in [0.3, 0.4) is 0 Å². The van der Waals surface area contributed by atoms with Crippen molar-refractivity contribution in [1.82, 2.24) is 20.4 Å². The second-order valence-corrected chi connectivity index (χ2v) is 7.37. The number of aromatic nitrogens is 2. The monoisotopic (exact) mass is 362 g/mol. The van der Waals surface area contributed by atoms with Crippen LogP contribution in [0.1, 0.15) is 46.7 Å². The van der Waals surface area contributed by atoms with Crippen LogP contribution in [0.5, 0.6) is 0 Å². The fourth-order valence-electron chi connectivity index (χ4n) is 3.34. The Balaban J connectivity index is 0.00000225. The Labute approximate surface area is 155 Å². The summed E-state index contributed by atoms with van der Waals surface area (Å²) in [5.41, 5.74) is 5.02. The zero-order valence-electron chi connectivity index (χ0n) is 15.3. The average Bonchev–Trinajstić information content (AvgIpc) is 2.98. The second kappa shape index (κ2) is 7.58. The summed E-state index contributed by atoms with van der Waals surface area (Å²) in [7, 11) is 1.86. The number of H-pyrrole nitrogens is 1. The lowest BCUT2D eigenvalue weighted by atomic mass is 9.83. The Hall–Kier alpha value is -1.85. The topological polar surface area (TPSA) is 61.0 Å². The first-order chi connectivity index (χ1) is 11.4. The first-order valence-electron chi connectivity index (χ1n) is 8.48. The number of benzene rings is 1. The number of amides is 1. The number of likely N-dealkylation sites (N-methyl/N-ethyl adjacent to an activating group) is 1. The van der Waals surface area contributed by atoms with E-state index in [0.717, 1.165) is 24.2 Å². The standard InChI is InChI=1S/C19H26N4O.ClH/c1-13-5-7-14(8-6-13)19(2,3)12-23(4)18(24)17-15-11-20-10-9-16(15)21-22-17;/h5-8,20H,9-12H2,1-4H3,(H,21,22);1H. The summed E-state index contributed by atoms with van der Waals surface area (Å²) in [6, 6.07) is 8.53. The molecule has 2 aromatic rings. The normalized spacial score (nSPS) is 13.8. The zero-order chi connectivity index (χ0) is 17.3. The van der Waals surface area contributed by atoms with Gasteiger partial charge in [-0.25, -0.2) is 0 Å². The van der Waals surface area contributed by atoms with Crippen LogP contribution in [-0.2, 0) is 18.4 Å². The van der Waals surface area contributed by atoms with Gasteiger partial charge >= 0.3 is 0 Å². The van der Waals surface area contributed by atoms with Crippen LogP contribution < -0.4 is 5.32 Å². The SMILES string of the molecule is Cc1ccc(C(C)(C)CN(C)C(=O)c2n[nH]c3c2CNCC3)cc1.Cl. The zero-order valence-corrected chi connectivity index (χ0v) is 16.2. The lowest BCUT2D eigenvalue weighted by Crippen LogP contribution is -2.39. The molecule has 1 amide bonds. The maximum absolute atomic E-state index is 12.9. The summed E-state index contributed by atoms with van der Waals surface area (Å²) in [6.07, 6.45) is 0.897. The van der Waals surface area contributed by atoms with E-state index in [1.165, 1.54) is 11.1 Å². The van der Waals surface area contributed by atoms with Gasteiger partial charge in [0.1, 0.15) is 0 Å². The average molecular weight is 363 g/mol. The maximum Gasteiger partial charge on any atom is 0.274 e. The van der Waals surface area contributed by atoms with Crippen molar-refractivity contribution in [2.24, 2.45) is 0 Å². The van der Waals surface area contributed by atoms with Crippen LogP contribution >= 0.6 is 12.4 Å². The van der Waals surface area contributed by atoms with Crippen molar-refractivity contribution in [1.29, 1.82) is 0 Å². The molecule has 2 heterocycles. The largest absolute Gasteiger partial charge is 0.339 e. The predicted octanol–water partition coefficient (Wildman–Crippen LogP) is 2.84. The Morgan fingerprint density at radius 2 is 1.96 bits per heavy atom. The minimum Gasteiger partial charge on any atom is -0.339 e. The molecule has 5 nitrogen and oxygen atoms in total. The van der Waals surface area contributed by atoms with Gasteiger partial charge in [0.05, 0.1) is 0 Å². The highest BCUT2D eigenvalue weighted by molar-refractivity contribution is 5.94. The van der Waals surface area contributed by atoms with Gasteiger partial charge in [-0.2, -0.15) is 5.10 Å². The van der Waals surface area contributed by atoms with Crippen LogP contribution in [-0.4, -0.2) is 41.1 Å². The molecule has 1 aliphatic rings. The molecule has 0 radical (unpaired) electrons. The van der Waals surface area contributed by atoms with Crippen LogP contribution in [0.4, 0.5) is 0 Å². The quantitative estimate of drug-likeness (QED) is 0.879. The third-order valence-electron chi connectivity index (χ3n) is 4.82. The third kappa shape index (κ3) is 4.05. The molecule has 6 heteroatoms. The Kier molecular flexibility index (Phi) is 5.91. The number of nitrogens with one attached hydrogen (secondary N) is 2. The number of hydrogen-bond acceptors (Lipinski definition) is 3. The molecule has 0 spiro atoms. The highest BCUT2D eigenvalue weighted by Crippen LogP contribution is 2.25. The summed E-state index contributed by atoms with van der Waals surface area (Å²) in [6.45, 7) is 8.71. The number of carbonyl (C=O) groups excluding carboxylic acids is 1. The van der Waals surface area contributed by atoms with E-state index >= 15 is 0 Å². The molecular formula is C19H27ClN4O. The third-order valence-corrected chi connectivity index (χ3v) is 4.82. The van der Waals surface area contributed by atoms with Crippen molar-refractivity contribution in [3.63, 3.8) is 0 Å². The molecule has 0 saturated carbocycles. The molecule has 1 aliphatic heterocycles. The first kappa shape index (κ1) is 19.5. The number of rotatable bonds is 4. The van der Waals surface area contributed by atoms with E-state index in [-0.39, 0.29) is 23.7 Å². The van der Waals surface area contributed by atoms with Gasteiger partial charge in [0.25, 0.3) is 5.91 Å². The van der Waals surface area contributed by atoms with Crippen molar-refractivity contribution >= 4 is 18.3 Å². The summed E-state index contributed by atoms with van der Waals surface area (Å²) in [4.78, 5) is 14.6. The van der Waals surface area contributed by atoms with Gasteiger partial charge in [0.15, 0.2) is 5.69 Å². The van der Waals surface area contributed by atoms with Gasteiger partial charge in [-0.15, -0.1) is 12.4 Å². The van der Waals surface area contributed by atoms with E-state index in [2.05, 4.69) is 60.6 Å². The molecule has 0 saturated heterocycles. The fraction of sp³-hybridized carbons (Fsp3) is 0.474. The van der Waals surface area contributed by atoms with Crippen LogP contribution in [0.25, 0.3) is 0 Å². The molecule has 25 heavy (non-hydrogen) atoms. The number of aromatic amines is 1. The van der Waals surface area contributed by atoms with Crippen molar-refractivity contribution in [3.05, 3.63) is 52.3 Å². The highest BCUT2D eigenvalue weighted by Gasteiger charge is 2.28. The number of nitrogens with zero attached hydrogens (tertiary/aromatic N) is 2. The van der Waals surface area contributed by atoms with Gasteiger partial charge < -0.3 is 10.2 Å². The van der Waals surface area contributed by atoms with Crippen molar-refractivity contribution in [3.8, 4) is 0 Å². The van der Waals surface area contributed by atoms with Gasteiger partial charge in [0, 0.05) is 49.8 Å². The highest BCUT2D eigenvalue weighted by atomic mass is 35.5. The Morgan fingerprint density at radius 1 is 1.28 bits per heavy atom. The smallest absolute Gasteiger partial charge is 0.274 e. The van der Waals surface area contributed by atoms with Crippen molar-refractivity contribution < 1.29 is 4.79 Å². The minimum absolute atomic E-state index is 0. The maximum atomic E-state index is 12.9. The van der Waals surface area contributed by atoms with E-state index < -0.39 is 0 Å². The lowest BCUT2D eigenvalue weighted by molar-refractivity contribution is 0.0760. The summed E-state index contributed by atoms with van der Waals surface area (Å²) >= 11 is 0. The van der Waals surface area contributed by atoms with E-state index in [1.807, 2.05) is 7.05 Å². The summed E-state index contributed by atoms with van der Waals surface area (Å²) in [5, 5.41) is 10.6. The van der Waals surface area contributed by atoms with Gasteiger partial charge in [-0.3, -0.25) is 9.89 Å². The molecule has 136 valence electrons. The molecule has 1 aromatic carbocycles. The van der Waals surface area contributed by atoms with Crippen molar-refractivity contribution in [2.45, 2.75) is 39.2 Å². The molecule has 2 N–H and O–H groups in total. The van der Waals surface area contributed by atoms with E-state index in [0.29, 0.717) is 18.8 Å². The molecule has 0 aliphatic carbocycles.